The number of hydrogen-bond acceptors (Lipinski definition) is 3. The number of H-pyrrole nitrogens is 1. The lowest BCUT2D eigenvalue weighted by Crippen LogP contribution is -2.39. The number of nitrogens with one attached hydrogen (secondary N) is 1. The summed E-state index contributed by atoms with van der Waals surface area (Å²) in [6.45, 7) is 3.47. The first-order valence-corrected chi connectivity index (χ1v) is 7.99. The van der Waals surface area contributed by atoms with Crippen LogP contribution < -0.4 is 0 Å². The average molecular weight is 309 g/mol. The van der Waals surface area contributed by atoms with Crippen LogP contribution in [0.2, 0.25) is 0 Å². The van der Waals surface area contributed by atoms with E-state index in [9.17, 15) is 4.79 Å². The van der Waals surface area contributed by atoms with Gasteiger partial charge in [0.2, 0.25) is 0 Å². The largest absolute Gasteiger partial charge is 0.461 e. The molecule has 3 aromatic rings. The Kier molecular flexibility index (Phi) is 3.41. The predicted octanol–water partition coefficient (Wildman–Crippen LogP) is 3.48. The van der Waals surface area contributed by atoms with Crippen molar-refractivity contribution < 1.29 is 9.21 Å². The molecule has 4 rings (SSSR count). The van der Waals surface area contributed by atoms with Gasteiger partial charge in [-0.1, -0.05) is 0 Å². The Hall–Kier alpha value is -2.56. The van der Waals surface area contributed by atoms with E-state index in [0.717, 1.165) is 53.9 Å². The number of amides is 1. The van der Waals surface area contributed by atoms with E-state index < -0.39 is 0 Å². The first-order chi connectivity index (χ1) is 11.2. The summed E-state index contributed by atoms with van der Waals surface area (Å²) in [6, 6.07) is 9.63. The molecule has 3 heterocycles. The molecule has 0 aliphatic carbocycles. The number of nitrogens with zero attached hydrogens (tertiary/aromatic N) is 2. The molecule has 1 N–H and O–H groups in total. The van der Waals surface area contributed by atoms with Crippen LogP contribution in [-0.4, -0.2) is 34.1 Å². The molecule has 118 valence electrons. The van der Waals surface area contributed by atoms with Crippen molar-refractivity contribution in [1.29, 1.82) is 0 Å². The Morgan fingerprint density at radius 1 is 1.35 bits per heavy atom. The summed E-state index contributed by atoms with van der Waals surface area (Å²) in [4.78, 5) is 14.8. The Labute approximate surface area is 134 Å². The van der Waals surface area contributed by atoms with Gasteiger partial charge in [0.25, 0.3) is 5.91 Å². The van der Waals surface area contributed by atoms with Crippen LogP contribution in [0, 0.1) is 6.92 Å². The number of fused-ring (bicyclic) bond motifs is 1. The van der Waals surface area contributed by atoms with Crippen LogP contribution in [0.4, 0.5) is 0 Å². The zero-order valence-electron chi connectivity index (χ0n) is 13.1. The van der Waals surface area contributed by atoms with Crippen LogP contribution in [-0.2, 0) is 0 Å². The molecular formula is C18H19N3O2. The Bertz CT molecular complexity index is 835. The van der Waals surface area contributed by atoms with Crippen molar-refractivity contribution >= 4 is 16.9 Å². The quantitative estimate of drug-likeness (QED) is 0.788. The highest BCUT2D eigenvalue weighted by Crippen LogP contribution is 2.27. The fourth-order valence-electron chi connectivity index (χ4n) is 3.40. The maximum absolute atomic E-state index is 12.8. The van der Waals surface area contributed by atoms with Gasteiger partial charge in [-0.15, -0.1) is 0 Å². The minimum Gasteiger partial charge on any atom is -0.461 e. The zero-order valence-corrected chi connectivity index (χ0v) is 13.1. The highest BCUT2D eigenvalue weighted by molar-refractivity contribution is 5.98. The Morgan fingerprint density at radius 3 is 3.09 bits per heavy atom. The SMILES string of the molecule is Cc1cc2cc(C(=O)N3CCC[C@@H](c4ccn[nH]4)C3)ccc2o1. The molecule has 0 saturated carbocycles. The number of aromatic nitrogens is 2. The molecule has 1 atom stereocenters. The second kappa shape index (κ2) is 5.57. The number of hydrogen-bond donors (Lipinski definition) is 1. The van der Waals surface area contributed by atoms with Crippen molar-refractivity contribution in [2.75, 3.05) is 13.1 Å². The van der Waals surface area contributed by atoms with Crippen molar-refractivity contribution in [2.45, 2.75) is 25.7 Å². The Balaban J connectivity index is 1.57. The number of carbonyl (C=O) groups is 1. The van der Waals surface area contributed by atoms with Crippen molar-refractivity contribution in [3.05, 3.63) is 53.5 Å². The van der Waals surface area contributed by atoms with E-state index in [0.29, 0.717) is 5.92 Å². The molecule has 0 unspecified atom stereocenters. The summed E-state index contributed by atoms with van der Waals surface area (Å²) < 4.78 is 5.58. The predicted molar refractivity (Wildman–Crippen MR) is 87.4 cm³/mol. The van der Waals surface area contributed by atoms with E-state index in [1.165, 1.54) is 0 Å². The van der Waals surface area contributed by atoms with Crippen LogP contribution in [0.15, 0.2) is 40.9 Å². The van der Waals surface area contributed by atoms with Gasteiger partial charge in [-0.05, 0) is 50.1 Å². The third-order valence-electron chi connectivity index (χ3n) is 4.56. The average Bonchev–Trinajstić information content (AvgIpc) is 3.22. The number of rotatable bonds is 2. The molecule has 1 aromatic carbocycles. The van der Waals surface area contributed by atoms with Crippen LogP contribution >= 0.6 is 0 Å². The molecule has 1 saturated heterocycles. The molecule has 1 fully saturated rings. The normalized spacial score (nSPS) is 18.5. The monoisotopic (exact) mass is 309 g/mol. The summed E-state index contributed by atoms with van der Waals surface area (Å²) in [5.74, 6) is 1.30. The first-order valence-electron chi connectivity index (χ1n) is 7.99. The van der Waals surface area contributed by atoms with Crippen molar-refractivity contribution in [3.63, 3.8) is 0 Å². The van der Waals surface area contributed by atoms with Crippen LogP contribution in [0.3, 0.4) is 0 Å². The maximum Gasteiger partial charge on any atom is 0.253 e. The minimum absolute atomic E-state index is 0.0926. The topological polar surface area (TPSA) is 62.1 Å². The summed E-state index contributed by atoms with van der Waals surface area (Å²) >= 11 is 0. The van der Waals surface area contributed by atoms with E-state index >= 15 is 0 Å². The van der Waals surface area contributed by atoms with Crippen LogP contribution in [0.25, 0.3) is 11.0 Å². The lowest BCUT2D eigenvalue weighted by Gasteiger charge is -2.32. The standard InChI is InChI=1S/C18H19N3O2/c1-12-9-15-10-13(4-5-17(15)23-12)18(22)21-8-2-3-14(11-21)16-6-7-19-20-16/h4-7,9-10,14H,2-3,8,11H2,1H3,(H,19,20)/t14-/m1/s1. The zero-order chi connectivity index (χ0) is 15.8. The molecule has 1 aliphatic rings. The lowest BCUT2D eigenvalue weighted by molar-refractivity contribution is 0.0706. The molecular weight excluding hydrogens is 290 g/mol. The van der Waals surface area contributed by atoms with Gasteiger partial charge in [-0.3, -0.25) is 9.89 Å². The number of likely N-dealkylation sites (tertiary alicyclic amines) is 1. The van der Waals surface area contributed by atoms with Gasteiger partial charge in [0.15, 0.2) is 0 Å². The fourth-order valence-corrected chi connectivity index (χ4v) is 3.40. The first kappa shape index (κ1) is 14.1. The summed E-state index contributed by atoms with van der Waals surface area (Å²) in [7, 11) is 0. The number of carbonyl (C=O) groups excluding carboxylic acids is 1. The van der Waals surface area contributed by atoms with Crippen molar-refractivity contribution in [1.82, 2.24) is 15.1 Å². The number of benzene rings is 1. The third kappa shape index (κ3) is 2.63. The number of furan rings is 1. The minimum atomic E-state index is 0.0926. The van der Waals surface area contributed by atoms with E-state index in [-0.39, 0.29) is 5.91 Å². The van der Waals surface area contributed by atoms with E-state index in [1.54, 1.807) is 6.20 Å². The molecule has 5 heteroatoms. The van der Waals surface area contributed by atoms with Gasteiger partial charge in [-0.25, -0.2) is 0 Å². The molecule has 1 aliphatic heterocycles. The van der Waals surface area contributed by atoms with Gasteiger partial charge < -0.3 is 9.32 Å². The lowest BCUT2D eigenvalue weighted by atomic mass is 9.94. The van der Waals surface area contributed by atoms with Gasteiger partial charge in [0.05, 0.1) is 0 Å². The van der Waals surface area contributed by atoms with E-state index in [2.05, 4.69) is 10.2 Å². The molecule has 0 radical (unpaired) electrons. The highest BCUT2D eigenvalue weighted by atomic mass is 16.3. The highest BCUT2D eigenvalue weighted by Gasteiger charge is 2.26. The van der Waals surface area contributed by atoms with E-state index in [4.69, 9.17) is 4.42 Å². The third-order valence-corrected chi connectivity index (χ3v) is 4.56. The molecule has 5 nitrogen and oxygen atoms in total. The van der Waals surface area contributed by atoms with Crippen LogP contribution in [0.5, 0.6) is 0 Å². The molecule has 0 spiro atoms. The summed E-state index contributed by atoms with van der Waals surface area (Å²) in [6.07, 6.45) is 3.87. The summed E-state index contributed by atoms with van der Waals surface area (Å²) in [5, 5.41) is 8.04. The summed E-state index contributed by atoms with van der Waals surface area (Å²) in [5.41, 5.74) is 2.67. The second-order valence-electron chi connectivity index (χ2n) is 6.21. The molecule has 0 bridgehead atoms. The molecule has 2 aromatic heterocycles. The molecule has 1 amide bonds. The van der Waals surface area contributed by atoms with Gasteiger partial charge in [0, 0.05) is 41.8 Å². The van der Waals surface area contributed by atoms with Gasteiger partial charge in [0.1, 0.15) is 11.3 Å². The second-order valence-corrected chi connectivity index (χ2v) is 6.21. The number of aromatic amines is 1. The van der Waals surface area contributed by atoms with Gasteiger partial charge >= 0.3 is 0 Å². The van der Waals surface area contributed by atoms with Gasteiger partial charge in [-0.2, -0.15) is 5.10 Å². The molecule has 23 heavy (non-hydrogen) atoms. The number of aryl methyl sites for hydroxylation is 1. The van der Waals surface area contributed by atoms with E-state index in [1.807, 2.05) is 42.2 Å². The maximum atomic E-state index is 12.8. The van der Waals surface area contributed by atoms with Crippen molar-refractivity contribution in [2.24, 2.45) is 0 Å². The smallest absolute Gasteiger partial charge is 0.253 e. The fraction of sp³-hybridized carbons (Fsp3) is 0.333. The van der Waals surface area contributed by atoms with Crippen molar-refractivity contribution in [3.8, 4) is 0 Å². The number of piperidine rings is 1. The van der Waals surface area contributed by atoms with Crippen LogP contribution in [0.1, 0.15) is 40.6 Å². The Morgan fingerprint density at radius 2 is 2.26 bits per heavy atom.